The van der Waals surface area contributed by atoms with E-state index in [4.69, 9.17) is 4.74 Å². The van der Waals surface area contributed by atoms with E-state index in [2.05, 4.69) is 4.98 Å². The molecule has 1 aliphatic rings. The Kier molecular flexibility index (Phi) is 9.94. The van der Waals surface area contributed by atoms with Gasteiger partial charge < -0.3 is 4.74 Å². The summed E-state index contributed by atoms with van der Waals surface area (Å²) in [7, 11) is -7.40. The zero-order valence-electron chi connectivity index (χ0n) is 23.0. The number of ether oxygens (including phenoxy) is 1. The zero-order valence-corrected chi connectivity index (χ0v) is 24.6. The maximum Gasteiger partial charge on any atom is 0.262 e. The number of para-hydroxylation sites is 1. The number of amides is 1. The first-order valence-corrected chi connectivity index (χ1v) is 16.5. The van der Waals surface area contributed by atoms with E-state index in [9.17, 15) is 26.8 Å². The lowest BCUT2D eigenvalue weighted by atomic mass is 10.1. The van der Waals surface area contributed by atoms with E-state index < -0.39 is 32.0 Å². The minimum absolute atomic E-state index is 0.0395. The van der Waals surface area contributed by atoms with Crippen LogP contribution in [0, 0.1) is 0 Å². The van der Waals surface area contributed by atoms with E-state index in [1.165, 1.54) is 20.7 Å². The normalized spacial score (nSPS) is 16.1. The molecule has 2 aromatic carbocycles. The quantitative estimate of drug-likeness (QED) is 0.232. The summed E-state index contributed by atoms with van der Waals surface area (Å²) in [5.74, 6) is -0.269. The standard InChI is InChI=1S/C27H35N5O7S2/c1-3-14-32(19-26(27(33)29-34)30-15-17-31(18-16-30)40(2,35)36)41(37,38)23-10-8-22(9-11-23)39-20-21-12-13-28-25-7-5-4-6-24(21)25/h4-13,26,34H,3,14-20H2,1-2H3,(H,29,33). The van der Waals surface area contributed by atoms with E-state index in [-0.39, 0.29) is 50.8 Å². The van der Waals surface area contributed by atoms with Gasteiger partial charge in [0.05, 0.1) is 16.7 Å². The number of hydrogen-bond acceptors (Lipinski definition) is 9. The van der Waals surface area contributed by atoms with Crippen LogP contribution >= 0.6 is 0 Å². The summed E-state index contributed by atoms with van der Waals surface area (Å²) in [5, 5.41) is 10.4. The number of hydrogen-bond donors (Lipinski definition) is 2. The number of nitrogens with zero attached hydrogens (tertiary/aromatic N) is 4. The Morgan fingerprint density at radius 2 is 1.73 bits per heavy atom. The van der Waals surface area contributed by atoms with Gasteiger partial charge in [0.25, 0.3) is 5.91 Å². The third kappa shape index (κ3) is 7.39. The van der Waals surface area contributed by atoms with Crippen LogP contribution in [-0.4, -0.2) is 98.0 Å². The summed E-state index contributed by atoms with van der Waals surface area (Å²) in [6.45, 7) is 2.78. The van der Waals surface area contributed by atoms with Crippen molar-refractivity contribution in [3.8, 4) is 5.75 Å². The molecule has 2 N–H and O–H groups in total. The SMILES string of the molecule is CCCN(CC(C(=O)NO)N1CCN(S(C)(=O)=O)CC1)S(=O)(=O)c1ccc(OCc2ccnc3ccccc23)cc1. The number of nitrogens with one attached hydrogen (secondary N) is 1. The molecule has 12 nitrogen and oxygen atoms in total. The highest BCUT2D eigenvalue weighted by molar-refractivity contribution is 7.89. The summed E-state index contributed by atoms with van der Waals surface area (Å²) in [6, 6.07) is 14.7. The second kappa shape index (κ2) is 13.2. The van der Waals surface area contributed by atoms with Gasteiger partial charge >= 0.3 is 0 Å². The van der Waals surface area contributed by atoms with Crippen molar-refractivity contribution in [3.63, 3.8) is 0 Å². The second-order valence-corrected chi connectivity index (χ2v) is 13.7. The molecule has 1 aliphatic heterocycles. The number of pyridine rings is 1. The predicted octanol–water partition coefficient (Wildman–Crippen LogP) is 1.67. The van der Waals surface area contributed by atoms with E-state index in [0.29, 0.717) is 12.2 Å². The maximum absolute atomic E-state index is 13.7. The molecule has 4 rings (SSSR count). The highest BCUT2D eigenvalue weighted by Gasteiger charge is 2.35. The highest BCUT2D eigenvalue weighted by atomic mass is 32.2. The van der Waals surface area contributed by atoms with Crippen molar-refractivity contribution >= 4 is 36.9 Å². The molecule has 1 fully saturated rings. The first-order chi connectivity index (χ1) is 19.5. The molecule has 41 heavy (non-hydrogen) atoms. The summed E-state index contributed by atoms with van der Waals surface area (Å²) >= 11 is 0. The molecular weight excluding hydrogens is 570 g/mol. The fraction of sp³-hybridized carbons (Fsp3) is 0.407. The molecule has 1 amide bonds. The van der Waals surface area contributed by atoms with Crippen LogP contribution in [0.5, 0.6) is 5.75 Å². The lowest BCUT2D eigenvalue weighted by Crippen LogP contribution is -2.59. The molecule has 1 saturated heterocycles. The number of carbonyl (C=O) groups excluding carboxylic acids is 1. The van der Waals surface area contributed by atoms with Gasteiger partial charge in [0, 0.05) is 56.4 Å². The van der Waals surface area contributed by atoms with E-state index in [1.54, 1.807) is 28.7 Å². The van der Waals surface area contributed by atoms with Crippen LogP contribution in [0.1, 0.15) is 18.9 Å². The van der Waals surface area contributed by atoms with Gasteiger partial charge in [0.15, 0.2) is 0 Å². The van der Waals surface area contributed by atoms with E-state index >= 15 is 0 Å². The Morgan fingerprint density at radius 3 is 2.37 bits per heavy atom. The number of carbonyl (C=O) groups is 1. The fourth-order valence-electron chi connectivity index (χ4n) is 4.84. The van der Waals surface area contributed by atoms with Crippen molar-refractivity contribution in [2.75, 3.05) is 45.5 Å². The second-order valence-electron chi connectivity index (χ2n) is 9.80. The number of fused-ring (bicyclic) bond motifs is 1. The van der Waals surface area contributed by atoms with Crippen molar-refractivity contribution in [3.05, 3.63) is 66.4 Å². The largest absolute Gasteiger partial charge is 0.489 e. The van der Waals surface area contributed by atoms with Crippen molar-refractivity contribution in [1.82, 2.24) is 24.0 Å². The van der Waals surface area contributed by atoms with Crippen molar-refractivity contribution < 1.29 is 31.6 Å². The third-order valence-electron chi connectivity index (χ3n) is 7.04. The zero-order chi connectivity index (χ0) is 29.6. The van der Waals surface area contributed by atoms with Gasteiger partial charge in [-0.1, -0.05) is 25.1 Å². The van der Waals surface area contributed by atoms with E-state index in [0.717, 1.165) is 22.7 Å². The lowest BCUT2D eigenvalue weighted by molar-refractivity contribution is -0.135. The Morgan fingerprint density at radius 1 is 1.05 bits per heavy atom. The molecule has 1 aromatic heterocycles. The van der Waals surface area contributed by atoms with Gasteiger partial charge in [0.2, 0.25) is 20.0 Å². The molecule has 3 aromatic rings. The van der Waals surface area contributed by atoms with Crippen LogP contribution in [-0.2, 0) is 31.4 Å². The van der Waals surface area contributed by atoms with Gasteiger partial charge in [-0.2, -0.15) is 8.61 Å². The van der Waals surface area contributed by atoms with Crippen molar-refractivity contribution in [1.29, 1.82) is 0 Å². The topological polar surface area (TPSA) is 149 Å². The number of aromatic nitrogens is 1. The van der Waals surface area contributed by atoms with Crippen LogP contribution in [0.3, 0.4) is 0 Å². The molecule has 1 unspecified atom stereocenters. The molecule has 0 bridgehead atoms. The molecule has 2 heterocycles. The van der Waals surface area contributed by atoms with E-state index in [1.807, 2.05) is 37.3 Å². The van der Waals surface area contributed by atoms with Crippen LogP contribution in [0.25, 0.3) is 10.9 Å². The maximum atomic E-state index is 13.7. The van der Waals surface area contributed by atoms with Crippen molar-refractivity contribution in [2.24, 2.45) is 0 Å². The van der Waals surface area contributed by atoms with Gasteiger partial charge in [0.1, 0.15) is 18.4 Å². The molecule has 222 valence electrons. The van der Waals surface area contributed by atoms with Crippen LogP contribution in [0.2, 0.25) is 0 Å². The molecule has 0 spiro atoms. The van der Waals surface area contributed by atoms with Gasteiger partial charge in [-0.15, -0.1) is 0 Å². The predicted molar refractivity (Wildman–Crippen MR) is 153 cm³/mol. The number of piperazine rings is 1. The number of benzene rings is 2. The molecular formula is C27H35N5O7S2. The minimum atomic E-state index is -4.01. The highest BCUT2D eigenvalue weighted by Crippen LogP contribution is 2.23. The molecule has 1 atom stereocenters. The van der Waals surface area contributed by atoms with Gasteiger partial charge in [-0.05, 0) is 42.8 Å². The van der Waals surface area contributed by atoms with Crippen molar-refractivity contribution in [2.45, 2.75) is 30.9 Å². The Balaban J connectivity index is 1.48. The molecule has 0 saturated carbocycles. The molecule has 0 aliphatic carbocycles. The average Bonchev–Trinajstić information content (AvgIpc) is 2.97. The van der Waals surface area contributed by atoms with Crippen LogP contribution in [0.4, 0.5) is 0 Å². The fourth-order valence-corrected chi connectivity index (χ4v) is 7.20. The summed E-state index contributed by atoms with van der Waals surface area (Å²) in [5.41, 5.74) is 3.44. The van der Waals surface area contributed by atoms with Gasteiger partial charge in [-0.25, -0.2) is 22.3 Å². The van der Waals surface area contributed by atoms with Crippen LogP contribution in [0.15, 0.2) is 65.7 Å². The Bertz CT molecular complexity index is 1550. The monoisotopic (exact) mass is 605 g/mol. The van der Waals surface area contributed by atoms with Crippen LogP contribution < -0.4 is 10.2 Å². The first kappa shape index (κ1) is 30.8. The smallest absolute Gasteiger partial charge is 0.262 e. The lowest BCUT2D eigenvalue weighted by Gasteiger charge is -2.38. The third-order valence-corrected chi connectivity index (χ3v) is 10.2. The number of hydroxylamine groups is 1. The summed E-state index contributed by atoms with van der Waals surface area (Å²) in [4.78, 5) is 18.7. The number of rotatable bonds is 12. The summed E-state index contributed by atoms with van der Waals surface area (Å²) in [6.07, 6.45) is 3.33. The Labute approximate surface area is 240 Å². The first-order valence-electron chi connectivity index (χ1n) is 13.2. The number of sulfonamides is 2. The molecule has 0 radical (unpaired) electrons. The minimum Gasteiger partial charge on any atom is -0.489 e. The van der Waals surface area contributed by atoms with Gasteiger partial charge in [-0.3, -0.25) is 19.9 Å². The average molecular weight is 606 g/mol. The Hall–Kier alpha value is -3.14. The summed E-state index contributed by atoms with van der Waals surface area (Å²) < 4.78 is 59.5. The molecule has 14 heteroatoms.